The Labute approximate surface area is 255 Å². The van der Waals surface area contributed by atoms with Crippen LogP contribution in [0.2, 0.25) is 5.02 Å². The largest absolute Gasteiger partial charge is 0.507 e. The van der Waals surface area contributed by atoms with Crippen molar-refractivity contribution in [1.29, 1.82) is 0 Å². The van der Waals surface area contributed by atoms with Crippen LogP contribution in [0.3, 0.4) is 0 Å². The summed E-state index contributed by atoms with van der Waals surface area (Å²) in [6, 6.07) is 26.1. The maximum Gasteiger partial charge on any atom is 0.301 e. The Bertz CT molecular complexity index is 1920. The first-order valence-corrected chi connectivity index (χ1v) is 14.7. The van der Waals surface area contributed by atoms with E-state index in [-0.39, 0.29) is 11.3 Å². The van der Waals surface area contributed by atoms with Crippen molar-refractivity contribution in [1.82, 2.24) is 4.98 Å². The first-order chi connectivity index (χ1) is 21.0. The normalized spacial score (nSPS) is 17.4. The molecule has 2 aliphatic rings. The fraction of sp³-hybridized carbons (Fsp3) is 0.121. The van der Waals surface area contributed by atoms with E-state index in [2.05, 4.69) is 4.98 Å². The van der Waals surface area contributed by atoms with Gasteiger partial charge in [0.1, 0.15) is 31.3 Å². The zero-order valence-electron chi connectivity index (χ0n) is 22.5. The van der Waals surface area contributed by atoms with Gasteiger partial charge < -0.3 is 19.3 Å². The number of aliphatic hydroxyl groups is 1. The molecule has 0 radical (unpaired) electrons. The number of Topliss-reactive ketones (excluding diaryl/α,β-unsaturated/α-hetero) is 1. The first-order valence-electron chi connectivity index (χ1n) is 13.5. The van der Waals surface area contributed by atoms with Crippen molar-refractivity contribution < 1.29 is 28.9 Å². The third kappa shape index (κ3) is 5.07. The van der Waals surface area contributed by atoms with Crippen LogP contribution in [0.1, 0.15) is 22.7 Å². The quantitative estimate of drug-likeness (QED) is 0.126. The van der Waals surface area contributed by atoms with E-state index >= 15 is 0 Å². The molecule has 0 saturated carbocycles. The lowest BCUT2D eigenvalue weighted by atomic mass is 9.95. The lowest BCUT2D eigenvalue weighted by molar-refractivity contribution is -0.132. The van der Waals surface area contributed by atoms with Crippen LogP contribution in [-0.4, -0.2) is 35.0 Å². The van der Waals surface area contributed by atoms with Crippen LogP contribution in [0.4, 0.5) is 5.13 Å². The topological polar surface area (TPSA) is 98.2 Å². The summed E-state index contributed by atoms with van der Waals surface area (Å²) in [7, 11) is 0. The molecule has 0 bridgehead atoms. The van der Waals surface area contributed by atoms with E-state index in [4.69, 9.17) is 25.8 Å². The minimum atomic E-state index is -0.982. The van der Waals surface area contributed by atoms with E-state index < -0.39 is 17.7 Å². The van der Waals surface area contributed by atoms with Crippen LogP contribution in [0.5, 0.6) is 17.2 Å². The molecule has 0 aliphatic carbocycles. The predicted molar refractivity (Wildman–Crippen MR) is 164 cm³/mol. The van der Waals surface area contributed by atoms with Crippen molar-refractivity contribution in [3.63, 3.8) is 0 Å². The number of ether oxygens (including phenoxy) is 3. The van der Waals surface area contributed by atoms with Gasteiger partial charge in [0.15, 0.2) is 16.6 Å². The Kier molecular flexibility index (Phi) is 6.96. The number of aliphatic hydroxyl groups excluding tert-OH is 1. The minimum Gasteiger partial charge on any atom is -0.507 e. The number of thiazole rings is 1. The Morgan fingerprint density at radius 1 is 0.953 bits per heavy atom. The molecule has 0 unspecified atom stereocenters. The fourth-order valence-electron chi connectivity index (χ4n) is 5.20. The van der Waals surface area contributed by atoms with E-state index in [1.54, 1.807) is 60.7 Å². The number of hydrogen-bond acceptors (Lipinski definition) is 8. The molecule has 2 aliphatic heterocycles. The van der Waals surface area contributed by atoms with Crippen LogP contribution >= 0.6 is 22.9 Å². The summed E-state index contributed by atoms with van der Waals surface area (Å²) < 4.78 is 18.1. The Morgan fingerprint density at radius 2 is 1.77 bits per heavy atom. The van der Waals surface area contributed by atoms with Crippen LogP contribution in [0.25, 0.3) is 16.0 Å². The van der Waals surface area contributed by atoms with Crippen molar-refractivity contribution in [3.8, 4) is 17.2 Å². The zero-order chi connectivity index (χ0) is 29.5. The molecule has 10 heteroatoms. The lowest BCUT2D eigenvalue weighted by Gasteiger charge is -2.24. The number of hydrogen-bond donors (Lipinski definition) is 1. The second kappa shape index (κ2) is 11.1. The van der Waals surface area contributed by atoms with Gasteiger partial charge in [-0.25, -0.2) is 4.98 Å². The van der Waals surface area contributed by atoms with Gasteiger partial charge in [0.25, 0.3) is 5.78 Å². The molecule has 1 atom stereocenters. The fourth-order valence-corrected chi connectivity index (χ4v) is 6.46. The van der Waals surface area contributed by atoms with Crippen molar-refractivity contribution in [2.45, 2.75) is 12.6 Å². The highest BCUT2D eigenvalue weighted by atomic mass is 35.5. The molecule has 43 heavy (non-hydrogen) atoms. The molecule has 214 valence electrons. The van der Waals surface area contributed by atoms with Crippen LogP contribution in [-0.2, 0) is 16.2 Å². The molecular formula is C33H23ClN2O6S. The van der Waals surface area contributed by atoms with Gasteiger partial charge in [0, 0.05) is 10.6 Å². The molecule has 1 N–H and O–H groups in total. The van der Waals surface area contributed by atoms with Crippen molar-refractivity contribution in [3.05, 3.63) is 118 Å². The first kappa shape index (κ1) is 27.0. The molecule has 8 nitrogen and oxygen atoms in total. The molecule has 1 fully saturated rings. The maximum absolute atomic E-state index is 13.7. The number of amides is 1. The monoisotopic (exact) mass is 610 g/mol. The number of ketones is 1. The van der Waals surface area contributed by atoms with E-state index in [1.807, 2.05) is 30.3 Å². The average molecular weight is 611 g/mol. The maximum atomic E-state index is 13.7. The molecule has 7 rings (SSSR count). The zero-order valence-corrected chi connectivity index (χ0v) is 24.1. The van der Waals surface area contributed by atoms with Crippen molar-refractivity contribution in [2.75, 3.05) is 18.1 Å². The molecule has 4 aromatic carbocycles. The van der Waals surface area contributed by atoms with Gasteiger partial charge in [-0.15, -0.1) is 0 Å². The molecular weight excluding hydrogens is 588 g/mol. The van der Waals surface area contributed by atoms with Gasteiger partial charge in [0.05, 0.1) is 21.8 Å². The third-order valence-corrected chi connectivity index (χ3v) is 8.48. The van der Waals surface area contributed by atoms with Gasteiger partial charge >= 0.3 is 5.91 Å². The second-order valence-corrected chi connectivity index (χ2v) is 11.4. The summed E-state index contributed by atoms with van der Waals surface area (Å²) in [6.07, 6.45) is 0. The Morgan fingerprint density at radius 3 is 2.60 bits per heavy atom. The van der Waals surface area contributed by atoms with E-state index in [9.17, 15) is 14.7 Å². The number of carbonyl (C=O) groups excluding carboxylic acids is 2. The number of rotatable bonds is 6. The second-order valence-electron chi connectivity index (χ2n) is 9.98. The van der Waals surface area contributed by atoms with Crippen LogP contribution in [0.15, 0.2) is 96.6 Å². The summed E-state index contributed by atoms with van der Waals surface area (Å²) in [5, 5.41) is 12.5. The number of fused-ring (bicyclic) bond motifs is 2. The van der Waals surface area contributed by atoms with Gasteiger partial charge in [-0.1, -0.05) is 65.4 Å². The van der Waals surface area contributed by atoms with Gasteiger partial charge in [-0.05, 0) is 59.7 Å². The summed E-state index contributed by atoms with van der Waals surface area (Å²) >= 11 is 7.45. The number of nitrogens with zero attached hydrogens (tertiary/aromatic N) is 2. The molecule has 5 aromatic rings. The highest BCUT2D eigenvalue weighted by molar-refractivity contribution is 7.22. The van der Waals surface area contributed by atoms with E-state index in [0.29, 0.717) is 63.9 Å². The summed E-state index contributed by atoms with van der Waals surface area (Å²) in [5.41, 5.74) is 2.45. The van der Waals surface area contributed by atoms with Gasteiger partial charge in [0.2, 0.25) is 0 Å². The predicted octanol–water partition coefficient (Wildman–Crippen LogP) is 6.93. The molecule has 1 aromatic heterocycles. The number of carbonyl (C=O) groups is 2. The smallest absolute Gasteiger partial charge is 0.301 e. The number of anilines is 1. The molecule has 0 spiro atoms. The SMILES string of the molecule is O=C1C(=O)N(c2nc3ccc(Cl)cc3s2)[C@@H](c2cccc(OCc3ccccc3)c2)C1=C(O)c1ccc2c(c1)OCCO2. The van der Waals surface area contributed by atoms with Crippen molar-refractivity contribution >= 4 is 55.7 Å². The Hall–Kier alpha value is -4.86. The minimum absolute atomic E-state index is 0.0702. The third-order valence-electron chi connectivity index (χ3n) is 7.23. The number of benzene rings is 4. The van der Waals surface area contributed by atoms with Crippen LogP contribution < -0.4 is 19.1 Å². The standard InChI is InChI=1S/C33H23ClN2O6S/c34-22-10-11-24-27(17-22)43-33(35-24)36-29(20-7-4-8-23(15-20)42-18-19-5-2-1-3-6-19)28(31(38)32(36)39)30(37)21-9-12-25-26(16-21)41-14-13-40-25/h1-12,15-17,29,37H,13-14,18H2/t29-/m0/s1. The summed E-state index contributed by atoms with van der Waals surface area (Å²) in [5.74, 6) is -0.434. The average Bonchev–Trinajstić information content (AvgIpc) is 3.57. The van der Waals surface area contributed by atoms with E-state index in [1.165, 1.54) is 16.2 Å². The van der Waals surface area contributed by atoms with Gasteiger partial charge in [-0.2, -0.15) is 0 Å². The summed E-state index contributed by atoms with van der Waals surface area (Å²) in [4.78, 5) is 33.4. The lowest BCUT2D eigenvalue weighted by Crippen LogP contribution is -2.29. The number of halogens is 1. The Balaban J connectivity index is 1.35. The molecule has 1 saturated heterocycles. The van der Waals surface area contributed by atoms with E-state index in [0.717, 1.165) is 10.3 Å². The number of aromatic nitrogens is 1. The van der Waals surface area contributed by atoms with Gasteiger partial charge in [-0.3, -0.25) is 14.5 Å². The molecule has 3 heterocycles. The highest BCUT2D eigenvalue weighted by Crippen LogP contribution is 2.45. The van der Waals surface area contributed by atoms with Crippen LogP contribution in [0, 0.1) is 0 Å². The summed E-state index contributed by atoms with van der Waals surface area (Å²) in [6.45, 7) is 1.11. The highest BCUT2D eigenvalue weighted by Gasteiger charge is 2.48. The van der Waals surface area contributed by atoms with Crippen molar-refractivity contribution in [2.24, 2.45) is 0 Å². The molecule has 1 amide bonds.